The first-order valence-corrected chi connectivity index (χ1v) is 13.9. The van der Waals surface area contributed by atoms with Gasteiger partial charge in [0.2, 0.25) is 8.32 Å². The maximum atomic E-state index is 12.5. The average molecular weight is 401 g/mol. The maximum Gasteiger partial charge on any atom is 0.250 e. The number of ketones is 1. The van der Waals surface area contributed by atoms with Gasteiger partial charge in [-0.05, 0) is 92.3 Å². The molecule has 2 fully saturated rings. The van der Waals surface area contributed by atoms with Crippen molar-refractivity contribution in [1.29, 1.82) is 0 Å². The molecule has 3 nitrogen and oxygen atoms in total. The highest BCUT2D eigenvalue weighted by atomic mass is 28.4. The van der Waals surface area contributed by atoms with E-state index in [-0.39, 0.29) is 16.7 Å². The fourth-order valence-electron chi connectivity index (χ4n) is 5.82. The summed E-state index contributed by atoms with van der Waals surface area (Å²) >= 11 is 0. The zero-order valence-corrected chi connectivity index (χ0v) is 19.4. The van der Waals surface area contributed by atoms with E-state index in [2.05, 4.69) is 52.1 Å². The number of aryl methyl sites for hydroxylation is 1. The van der Waals surface area contributed by atoms with Crippen LogP contribution in [-0.4, -0.2) is 24.8 Å². The Bertz CT molecular complexity index is 809. The van der Waals surface area contributed by atoms with E-state index in [1.165, 1.54) is 11.1 Å². The van der Waals surface area contributed by atoms with Gasteiger partial charge in [0.25, 0.3) is 0 Å². The average Bonchev–Trinajstić information content (AvgIpc) is 2.84. The van der Waals surface area contributed by atoms with Gasteiger partial charge in [0.05, 0.1) is 11.0 Å². The zero-order valence-electron chi connectivity index (χ0n) is 18.4. The maximum absolute atomic E-state index is 12.5. The summed E-state index contributed by atoms with van der Waals surface area (Å²) in [5.74, 6) is 1.85. The third-order valence-electron chi connectivity index (χ3n) is 8.78. The molecule has 28 heavy (non-hydrogen) atoms. The molecule has 154 valence electrons. The van der Waals surface area contributed by atoms with Crippen LogP contribution in [-0.2, 0) is 11.2 Å². The topological polar surface area (TPSA) is 46.5 Å². The van der Waals surface area contributed by atoms with Crippen LogP contribution in [0.3, 0.4) is 0 Å². The molecule has 0 amide bonds. The van der Waals surface area contributed by atoms with Crippen molar-refractivity contribution >= 4 is 14.1 Å². The van der Waals surface area contributed by atoms with Crippen LogP contribution in [0.4, 0.5) is 0 Å². The van der Waals surface area contributed by atoms with Crippen LogP contribution in [0.2, 0.25) is 18.1 Å². The van der Waals surface area contributed by atoms with Gasteiger partial charge in [0.1, 0.15) is 11.5 Å². The molecule has 1 aromatic carbocycles. The molecule has 0 saturated heterocycles. The Kier molecular flexibility index (Phi) is 4.45. The number of hydrogen-bond acceptors (Lipinski definition) is 3. The molecule has 4 atom stereocenters. The van der Waals surface area contributed by atoms with Crippen molar-refractivity contribution < 1.29 is 14.3 Å². The lowest BCUT2D eigenvalue weighted by atomic mass is 9.53. The van der Waals surface area contributed by atoms with Crippen molar-refractivity contribution in [3.8, 4) is 5.75 Å². The van der Waals surface area contributed by atoms with Gasteiger partial charge in [-0.1, -0.05) is 26.8 Å². The van der Waals surface area contributed by atoms with Crippen molar-refractivity contribution in [2.75, 3.05) is 0 Å². The predicted octanol–water partition coefficient (Wildman–Crippen LogP) is 5.61. The molecule has 4 rings (SSSR count). The van der Waals surface area contributed by atoms with Gasteiger partial charge in [-0.15, -0.1) is 0 Å². The smallest absolute Gasteiger partial charge is 0.250 e. The van der Waals surface area contributed by atoms with Gasteiger partial charge >= 0.3 is 0 Å². The van der Waals surface area contributed by atoms with Gasteiger partial charge in [-0.2, -0.15) is 0 Å². The monoisotopic (exact) mass is 400 g/mol. The second-order valence-corrected chi connectivity index (χ2v) is 15.9. The number of carbonyl (C=O) groups excluding carboxylic acids is 1. The minimum absolute atomic E-state index is 0.181. The molecular formula is C24H36O3Si. The van der Waals surface area contributed by atoms with Crippen molar-refractivity contribution in [2.45, 2.75) is 95.9 Å². The molecule has 0 spiro atoms. The number of fused-ring (bicyclic) bond motifs is 5. The Morgan fingerprint density at radius 3 is 2.54 bits per heavy atom. The third kappa shape index (κ3) is 2.74. The number of rotatable bonds is 2. The number of hydrogen-bond donors (Lipinski definition) is 1. The molecule has 2 saturated carbocycles. The van der Waals surface area contributed by atoms with E-state index in [1.807, 2.05) is 6.92 Å². The Labute approximate surface area is 171 Å². The summed E-state index contributed by atoms with van der Waals surface area (Å²) in [5.41, 5.74) is 1.42. The van der Waals surface area contributed by atoms with Crippen LogP contribution < -0.4 is 4.43 Å². The van der Waals surface area contributed by atoms with Crippen LogP contribution in [0.15, 0.2) is 18.2 Å². The summed E-state index contributed by atoms with van der Waals surface area (Å²) in [6, 6.07) is 6.64. The van der Waals surface area contributed by atoms with E-state index in [1.54, 1.807) is 0 Å². The van der Waals surface area contributed by atoms with E-state index >= 15 is 0 Å². The molecule has 1 N–H and O–H groups in total. The predicted molar refractivity (Wildman–Crippen MR) is 115 cm³/mol. The third-order valence-corrected chi connectivity index (χ3v) is 13.1. The fraction of sp³-hybridized carbons (Fsp3) is 0.708. The van der Waals surface area contributed by atoms with Gasteiger partial charge in [-0.25, -0.2) is 0 Å². The number of carbonyl (C=O) groups is 1. The van der Waals surface area contributed by atoms with Crippen molar-refractivity contribution in [2.24, 2.45) is 11.3 Å². The van der Waals surface area contributed by atoms with E-state index in [9.17, 15) is 9.90 Å². The first-order chi connectivity index (χ1) is 12.9. The SMILES string of the molecule is CC(C)(C)[Si](C)(C)Oc1ccc2c(c1)CC[C@@H]1[C@@H]2CC[C@]2(C)C(=O)CC[C@]12O. The quantitative estimate of drug-likeness (QED) is 0.656. The molecule has 0 radical (unpaired) electrons. The van der Waals surface area contributed by atoms with Gasteiger partial charge < -0.3 is 9.53 Å². The van der Waals surface area contributed by atoms with Gasteiger partial charge in [0, 0.05) is 6.42 Å². The summed E-state index contributed by atoms with van der Waals surface area (Å²) in [4.78, 5) is 12.5. The first-order valence-electron chi connectivity index (χ1n) is 11.0. The van der Waals surface area contributed by atoms with E-state index in [0.29, 0.717) is 18.8 Å². The second kappa shape index (κ2) is 6.18. The molecule has 0 heterocycles. The van der Waals surface area contributed by atoms with Crippen molar-refractivity contribution in [1.82, 2.24) is 0 Å². The molecule has 1 aromatic rings. The minimum atomic E-state index is -1.85. The molecule has 3 aliphatic carbocycles. The summed E-state index contributed by atoms with van der Waals surface area (Å²) in [7, 11) is -1.85. The van der Waals surface area contributed by atoms with Gasteiger partial charge in [-0.3, -0.25) is 4.79 Å². The fourth-order valence-corrected chi connectivity index (χ4v) is 6.84. The van der Waals surface area contributed by atoms with Crippen molar-refractivity contribution in [3.05, 3.63) is 29.3 Å². The summed E-state index contributed by atoms with van der Waals surface area (Å²) in [6.45, 7) is 13.4. The minimum Gasteiger partial charge on any atom is -0.543 e. The molecular weight excluding hydrogens is 364 g/mol. The van der Waals surface area contributed by atoms with Crippen LogP contribution in [0.25, 0.3) is 0 Å². The number of aliphatic hydroxyl groups is 1. The summed E-state index contributed by atoms with van der Waals surface area (Å²) in [5, 5.41) is 11.8. The van der Waals surface area contributed by atoms with Crippen LogP contribution >= 0.6 is 0 Å². The van der Waals surface area contributed by atoms with Crippen LogP contribution in [0.1, 0.15) is 76.8 Å². The van der Waals surface area contributed by atoms with Gasteiger partial charge in [0.15, 0.2) is 0 Å². The lowest BCUT2D eigenvalue weighted by Gasteiger charge is -2.53. The lowest BCUT2D eigenvalue weighted by molar-refractivity contribution is -0.157. The summed E-state index contributed by atoms with van der Waals surface area (Å²) < 4.78 is 6.53. The molecule has 0 unspecified atom stereocenters. The molecule has 3 aliphatic rings. The molecule has 0 aromatic heterocycles. The highest BCUT2D eigenvalue weighted by molar-refractivity contribution is 6.74. The van der Waals surface area contributed by atoms with E-state index < -0.39 is 19.3 Å². The molecule has 0 bridgehead atoms. The zero-order chi connectivity index (χ0) is 20.5. The standard InChI is InChI=1S/C24H36O3Si/c1-22(2,3)28(5,6)27-17-8-9-18-16(15-17)7-10-20-19(18)11-13-23(4)21(25)12-14-24(20,23)26/h8-9,15,19-20,26H,7,10-14H2,1-6H3/t19-,20-,23-,24+/m1/s1. The lowest BCUT2D eigenvalue weighted by Crippen LogP contribution is -2.56. The Morgan fingerprint density at radius 1 is 1.14 bits per heavy atom. The van der Waals surface area contributed by atoms with Crippen molar-refractivity contribution in [3.63, 3.8) is 0 Å². The normalized spacial score (nSPS) is 35.2. The highest BCUT2D eigenvalue weighted by Crippen LogP contribution is 2.61. The summed E-state index contributed by atoms with van der Waals surface area (Å²) in [6.07, 6.45) is 4.95. The second-order valence-electron chi connectivity index (χ2n) is 11.2. The largest absolute Gasteiger partial charge is 0.543 e. The van der Waals surface area contributed by atoms with Crippen LogP contribution in [0, 0.1) is 11.3 Å². The molecule has 4 heteroatoms. The first kappa shape index (κ1) is 20.2. The Morgan fingerprint density at radius 2 is 1.86 bits per heavy atom. The molecule has 0 aliphatic heterocycles. The Hall–Kier alpha value is -1.13. The Balaban J connectivity index is 1.63. The highest BCUT2D eigenvalue weighted by Gasteiger charge is 2.64. The number of benzene rings is 1. The van der Waals surface area contributed by atoms with E-state index in [4.69, 9.17) is 4.43 Å². The van der Waals surface area contributed by atoms with E-state index in [0.717, 1.165) is 31.4 Å². The number of Topliss-reactive ketones (excluding diaryl/α,β-unsaturated/α-hetero) is 1. The van der Waals surface area contributed by atoms with Crippen LogP contribution in [0.5, 0.6) is 5.75 Å².